The number of amides is 2. The van der Waals surface area contributed by atoms with Crippen LogP contribution in [-0.4, -0.2) is 25.0 Å². The Hall–Kier alpha value is -3.31. The Labute approximate surface area is 193 Å². The van der Waals surface area contributed by atoms with Gasteiger partial charge in [0, 0.05) is 11.4 Å². The molecule has 6 heteroatoms. The summed E-state index contributed by atoms with van der Waals surface area (Å²) >= 11 is 5.99. The van der Waals surface area contributed by atoms with Crippen LogP contribution < -0.4 is 15.4 Å². The van der Waals surface area contributed by atoms with Crippen LogP contribution in [0.4, 0.5) is 0 Å². The minimum absolute atomic E-state index is 0.169. The van der Waals surface area contributed by atoms with Crippen LogP contribution in [-0.2, 0) is 22.4 Å². The lowest BCUT2D eigenvalue weighted by Crippen LogP contribution is -2.49. The molecule has 0 spiro atoms. The molecule has 0 saturated heterocycles. The van der Waals surface area contributed by atoms with Crippen LogP contribution in [0.5, 0.6) is 5.75 Å². The quantitative estimate of drug-likeness (QED) is 0.504. The van der Waals surface area contributed by atoms with E-state index < -0.39 is 6.04 Å². The molecule has 0 aliphatic heterocycles. The molecule has 0 aromatic heterocycles. The summed E-state index contributed by atoms with van der Waals surface area (Å²) in [6.45, 7) is 1.92. The number of rotatable bonds is 9. The molecule has 0 bridgehead atoms. The Balaban J connectivity index is 1.70. The summed E-state index contributed by atoms with van der Waals surface area (Å²) < 4.78 is 5.16. The topological polar surface area (TPSA) is 67.4 Å². The largest absolute Gasteiger partial charge is 0.497 e. The Kier molecular flexibility index (Phi) is 8.28. The van der Waals surface area contributed by atoms with Crippen molar-refractivity contribution in [2.24, 2.45) is 0 Å². The van der Waals surface area contributed by atoms with Gasteiger partial charge in [-0.2, -0.15) is 0 Å². The number of ether oxygens (including phenoxy) is 1. The maximum Gasteiger partial charge on any atom is 0.243 e. The lowest BCUT2D eigenvalue weighted by Gasteiger charge is -2.22. The summed E-state index contributed by atoms with van der Waals surface area (Å²) in [6.07, 6.45) is 0.529. The molecule has 0 aliphatic carbocycles. The average molecular weight is 451 g/mol. The monoisotopic (exact) mass is 450 g/mol. The fourth-order valence-electron chi connectivity index (χ4n) is 3.38. The Morgan fingerprint density at radius 1 is 0.875 bits per heavy atom. The van der Waals surface area contributed by atoms with Gasteiger partial charge in [-0.05, 0) is 47.9 Å². The summed E-state index contributed by atoms with van der Waals surface area (Å²) in [5, 5.41) is 6.54. The van der Waals surface area contributed by atoms with Gasteiger partial charge >= 0.3 is 0 Å². The number of hydrogen-bond donors (Lipinski definition) is 2. The molecular weight excluding hydrogens is 424 g/mol. The molecule has 3 aromatic rings. The Morgan fingerprint density at radius 2 is 1.50 bits per heavy atom. The lowest BCUT2D eigenvalue weighted by molar-refractivity contribution is -0.129. The van der Waals surface area contributed by atoms with Gasteiger partial charge in [0.25, 0.3) is 0 Å². The zero-order valence-corrected chi connectivity index (χ0v) is 18.9. The predicted octanol–water partition coefficient (Wildman–Crippen LogP) is 4.50. The van der Waals surface area contributed by atoms with E-state index in [9.17, 15) is 9.59 Å². The Morgan fingerprint density at radius 3 is 2.12 bits per heavy atom. The van der Waals surface area contributed by atoms with Crippen molar-refractivity contribution in [3.05, 3.63) is 101 Å². The van der Waals surface area contributed by atoms with E-state index in [1.54, 1.807) is 19.2 Å². The number of benzene rings is 3. The molecule has 0 heterocycles. The van der Waals surface area contributed by atoms with Crippen molar-refractivity contribution >= 4 is 23.4 Å². The molecule has 0 unspecified atom stereocenters. The van der Waals surface area contributed by atoms with E-state index in [1.165, 1.54) is 0 Å². The molecule has 0 radical (unpaired) electrons. The van der Waals surface area contributed by atoms with Gasteiger partial charge in [0.1, 0.15) is 11.8 Å². The SMILES string of the molecule is COc1ccc(CC(=O)N[C@@H](Cc2ccc(Cl)cc2)C(=O)N[C@H](C)c2ccccc2)cc1. The zero-order valence-electron chi connectivity index (χ0n) is 18.2. The Bertz CT molecular complexity index is 1020. The zero-order chi connectivity index (χ0) is 22.9. The number of carbonyl (C=O) groups is 2. The van der Waals surface area contributed by atoms with Gasteiger partial charge in [-0.15, -0.1) is 0 Å². The highest BCUT2D eigenvalue weighted by atomic mass is 35.5. The third-order valence-electron chi connectivity index (χ3n) is 5.19. The normalized spacial score (nSPS) is 12.5. The number of halogens is 1. The minimum Gasteiger partial charge on any atom is -0.497 e. The van der Waals surface area contributed by atoms with Crippen LogP contribution in [0, 0.1) is 0 Å². The number of hydrogen-bond acceptors (Lipinski definition) is 3. The van der Waals surface area contributed by atoms with Crippen molar-refractivity contribution in [1.82, 2.24) is 10.6 Å². The second-order valence-corrected chi connectivity index (χ2v) is 8.05. The van der Waals surface area contributed by atoms with Crippen LogP contribution >= 0.6 is 11.6 Å². The fraction of sp³-hybridized carbons (Fsp3) is 0.231. The molecule has 32 heavy (non-hydrogen) atoms. The highest BCUT2D eigenvalue weighted by molar-refractivity contribution is 6.30. The molecular formula is C26H27ClN2O3. The van der Waals surface area contributed by atoms with E-state index in [4.69, 9.17) is 16.3 Å². The molecule has 2 amide bonds. The van der Waals surface area contributed by atoms with Crippen LogP contribution in [0.1, 0.15) is 29.7 Å². The number of methoxy groups -OCH3 is 1. The first-order valence-electron chi connectivity index (χ1n) is 10.5. The summed E-state index contributed by atoms with van der Waals surface area (Å²) in [7, 11) is 1.60. The van der Waals surface area contributed by atoms with Gasteiger partial charge in [0.15, 0.2) is 0 Å². The van der Waals surface area contributed by atoms with Gasteiger partial charge in [0.2, 0.25) is 11.8 Å². The van der Waals surface area contributed by atoms with E-state index in [-0.39, 0.29) is 24.3 Å². The van der Waals surface area contributed by atoms with Crippen molar-refractivity contribution in [3.8, 4) is 5.75 Å². The summed E-state index contributed by atoms with van der Waals surface area (Å²) in [4.78, 5) is 25.8. The molecule has 0 aliphatic rings. The highest BCUT2D eigenvalue weighted by Crippen LogP contribution is 2.15. The van der Waals surface area contributed by atoms with Crippen molar-refractivity contribution in [2.45, 2.75) is 31.8 Å². The molecule has 3 aromatic carbocycles. The van der Waals surface area contributed by atoms with Crippen molar-refractivity contribution < 1.29 is 14.3 Å². The van der Waals surface area contributed by atoms with E-state index in [0.717, 1.165) is 22.4 Å². The minimum atomic E-state index is -0.715. The summed E-state index contributed by atoms with van der Waals surface area (Å²) in [5.41, 5.74) is 2.74. The van der Waals surface area contributed by atoms with Crippen molar-refractivity contribution in [3.63, 3.8) is 0 Å². The number of nitrogens with one attached hydrogen (secondary N) is 2. The molecule has 5 nitrogen and oxygen atoms in total. The van der Waals surface area contributed by atoms with E-state index in [1.807, 2.05) is 73.7 Å². The molecule has 0 saturated carbocycles. The maximum atomic E-state index is 13.1. The van der Waals surface area contributed by atoms with Gasteiger partial charge in [-0.1, -0.05) is 66.2 Å². The fourth-order valence-corrected chi connectivity index (χ4v) is 3.50. The van der Waals surface area contributed by atoms with Gasteiger partial charge in [-0.3, -0.25) is 9.59 Å². The first kappa shape index (κ1) is 23.4. The van der Waals surface area contributed by atoms with E-state index >= 15 is 0 Å². The first-order valence-corrected chi connectivity index (χ1v) is 10.8. The summed E-state index contributed by atoms with van der Waals surface area (Å²) in [5.74, 6) is 0.264. The molecule has 2 atom stereocenters. The maximum absolute atomic E-state index is 13.1. The smallest absolute Gasteiger partial charge is 0.243 e. The molecule has 2 N–H and O–H groups in total. The number of carbonyl (C=O) groups excluding carboxylic acids is 2. The highest BCUT2D eigenvalue weighted by Gasteiger charge is 2.23. The lowest BCUT2D eigenvalue weighted by atomic mass is 10.0. The third-order valence-corrected chi connectivity index (χ3v) is 5.44. The first-order chi connectivity index (χ1) is 15.4. The van der Waals surface area contributed by atoms with Gasteiger partial charge in [-0.25, -0.2) is 0 Å². The van der Waals surface area contributed by atoms with Crippen molar-refractivity contribution in [1.29, 1.82) is 0 Å². The third kappa shape index (κ3) is 6.86. The van der Waals surface area contributed by atoms with Crippen LogP contribution in [0.2, 0.25) is 5.02 Å². The van der Waals surface area contributed by atoms with Gasteiger partial charge in [0.05, 0.1) is 19.6 Å². The van der Waals surface area contributed by atoms with E-state index in [0.29, 0.717) is 11.4 Å². The van der Waals surface area contributed by atoms with Crippen molar-refractivity contribution in [2.75, 3.05) is 7.11 Å². The molecule has 166 valence electrons. The summed E-state index contributed by atoms with van der Waals surface area (Å²) in [6, 6.07) is 23.4. The molecule has 0 fully saturated rings. The average Bonchev–Trinajstić information content (AvgIpc) is 2.81. The standard InChI is InChI=1S/C26H27ClN2O3/c1-18(21-6-4-3-5-7-21)28-26(31)24(16-19-8-12-22(27)13-9-19)29-25(30)17-20-10-14-23(32-2)15-11-20/h3-15,18,24H,16-17H2,1-2H3,(H,28,31)(H,29,30)/t18-,24+/m1/s1. The van der Waals surface area contributed by atoms with Crippen LogP contribution in [0.15, 0.2) is 78.9 Å². The second-order valence-electron chi connectivity index (χ2n) is 7.62. The van der Waals surface area contributed by atoms with Crippen LogP contribution in [0.3, 0.4) is 0 Å². The molecule has 3 rings (SSSR count). The van der Waals surface area contributed by atoms with E-state index in [2.05, 4.69) is 10.6 Å². The van der Waals surface area contributed by atoms with Gasteiger partial charge < -0.3 is 15.4 Å². The second kappa shape index (κ2) is 11.3. The predicted molar refractivity (Wildman–Crippen MR) is 127 cm³/mol. The van der Waals surface area contributed by atoms with Crippen LogP contribution in [0.25, 0.3) is 0 Å².